The van der Waals surface area contributed by atoms with Crippen LogP contribution in [0.3, 0.4) is 0 Å². The van der Waals surface area contributed by atoms with E-state index in [0.29, 0.717) is 17.8 Å². The molecule has 1 aliphatic carbocycles. The molecule has 3 heterocycles. The molecule has 10 heteroatoms. The highest BCUT2D eigenvalue weighted by Crippen LogP contribution is 2.39. The standard InChI is InChI=1S/C26H35N5O4S/c1-27-26(34)35-18-31(15-7-6-12-30-24(32)19-8-2-3-9-20(19)25(30)33)16-13-29(14-17-31)23-21-10-4-5-11-22(21)36-28-23/h4-5,10-11H,2-3,6-9,12-18H2,1H3,(H2-,27,32,33,34)/p+1. The summed E-state index contributed by atoms with van der Waals surface area (Å²) in [5.74, 6) is 1.51. The molecule has 3 aromatic rings. The summed E-state index contributed by atoms with van der Waals surface area (Å²) >= 11 is 1.53. The maximum atomic E-state index is 11.9. The van der Waals surface area contributed by atoms with E-state index in [9.17, 15) is 15.0 Å². The van der Waals surface area contributed by atoms with Crippen LogP contribution >= 0.6 is 11.5 Å². The lowest BCUT2D eigenvalue weighted by Crippen LogP contribution is -2.61. The van der Waals surface area contributed by atoms with Gasteiger partial charge in [-0.15, -0.1) is 0 Å². The number of anilines is 1. The number of carbonyl (C=O) groups excluding carboxylic acids is 1. The Kier molecular flexibility index (Phi) is 7.25. The van der Waals surface area contributed by atoms with Crippen LogP contribution in [0.2, 0.25) is 0 Å². The Morgan fingerprint density at radius 3 is 2.50 bits per heavy atom. The van der Waals surface area contributed by atoms with E-state index < -0.39 is 6.09 Å². The molecule has 0 spiro atoms. The molecular formula is C26H36N5O4S+. The monoisotopic (exact) mass is 514 g/mol. The van der Waals surface area contributed by atoms with Gasteiger partial charge in [-0.1, -0.05) is 12.1 Å². The van der Waals surface area contributed by atoms with Crippen LogP contribution in [0.4, 0.5) is 10.6 Å². The Hall–Kier alpha value is -2.98. The van der Waals surface area contributed by atoms with Crippen molar-refractivity contribution in [2.24, 2.45) is 0 Å². The highest BCUT2D eigenvalue weighted by molar-refractivity contribution is 7.13. The molecule has 0 bridgehead atoms. The number of unbranched alkanes of at least 4 members (excludes halogenated alkanes) is 1. The number of benzene rings is 1. The summed E-state index contributed by atoms with van der Waals surface area (Å²) < 4.78 is 13.8. The molecule has 9 nitrogen and oxygen atoms in total. The molecule has 194 valence electrons. The number of quaternary nitrogens is 1. The first kappa shape index (κ1) is 24.7. The van der Waals surface area contributed by atoms with E-state index in [2.05, 4.69) is 28.4 Å². The number of carbonyl (C=O) groups is 1. The quantitative estimate of drug-likeness (QED) is 0.312. The van der Waals surface area contributed by atoms with Gasteiger partial charge in [0, 0.05) is 30.1 Å². The second kappa shape index (κ2) is 10.6. The van der Waals surface area contributed by atoms with Gasteiger partial charge in [0.05, 0.1) is 37.4 Å². The normalized spacial score (nSPS) is 17.2. The number of amides is 1. The maximum Gasteiger partial charge on any atom is 0.411 e. The van der Waals surface area contributed by atoms with Crippen LogP contribution in [0.25, 0.3) is 10.1 Å². The third kappa shape index (κ3) is 4.84. The first-order valence-electron chi connectivity index (χ1n) is 12.9. The maximum absolute atomic E-state index is 11.9. The third-order valence-electron chi connectivity index (χ3n) is 7.80. The van der Waals surface area contributed by atoms with E-state index >= 15 is 0 Å². The fraction of sp³-hybridized carbons (Fsp3) is 0.538. The second-order valence-corrected chi connectivity index (χ2v) is 10.8. The topological polar surface area (TPSA) is 99.8 Å². The zero-order chi connectivity index (χ0) is 25.1. The molecule has 36 heavy (non-hydrogen) atoms. The van der Waals surface area contributed by atoms with Gasteiger partial charge in [-0.2, -0.15) is 4.37 Å². The summed E-state index contributed by atoms with van der Waals surface area (Å²) in [4.78, 5) is 14.2. The molecule has 1 saturated heterocycles. The van der Waals surface area contributed by atoms with Crippen molar-refractivity contribution in [3.8, 4) is 11.8 Å². The summed E-state index contributed by atoms with van der Waals surface area (Å²) in [7, 11) is 1.58. The molecule has 0 radical (unpaired) electrons. The Bertz CT molecular complexity index is 1190. The smallest absolute Gasteiger partial charge is 0.411 e. The summed E-state index contributed by atoms with van der Waals surface area (Å²) in [6, 6.07) is 8.33. The number of rotatable bonds is 8. The van der Waals surface area contributed by atoms with Crippen molar-refractivity contribution in [1.82, 2.24) is 14.3 Å². The van der Waals surface area contributed by atoms with Crippen molar-refractivity contribution in [3.05, 3.63) is 35.4 Å². The van der Waals surface area contributed by atoms with Gasteiger partial charge in [-0.3, -0.25) is 9.05 Å². The Balaban J connectivity index is 1.22. The van der Waals surface area contributed by atoms with Gasteiger partial charge >= 0.3 is 6.09 Å². The SMILES string of the molecule is CNC(=O)OC[N+]1(CCCCn2c(O)c3c(c2O)CCCC3)CCN(c2nsc3ccccc23)CC1. The number of aromatic nitrogens is 2. The first-order chi connectivity index (χ1) is 17.5. The number of alkyl carbamates (subject to hydrolysis) is 1. The predicted octanol–water partition coefficient (Wildman–Crippen LogP) is 3.82. The molecule has 2 aromatic heterocycles. The molecule has 0 saturated carbocycles. The van der Waals surface area contributed by atoms with E-state index in [1.165, 1.54) is 21.6 Å². The summed E-state index contributed by atoms with van der Waals surface area (Å²) in [6.07, 6.45) is 5.11. The molecule has 0 atom stereocenters. The molecule has 0 unspecified atom stereocenters. The molecule has 1 aliphatic heterocycles. The predicted molar refractivity (Wildman–Crippen MR) is 141 cm³/mol. The van der Waals surface area contributed by atoms with Crippen LogP contribution in [0.15, 0.2) is 24.3 Å². The van der Waals surface area contributed by atoms with Gasteiger partial charge in [0.1, 0.15) is 0 Å². The molecule has 1 aromatic carbocycles. The molecule has 1 amide bonds. The third-order valence-corrected chi connectivity index (χ3v) is 8.62. The number of aromatic hydroxyl groups is 2. The minimum absolute atomic E-state index is 0.234. The second-order valence-electron chi connectivity index (χ2n) is 9.98. The van der Waals surface area contributed by atoms with Crippen molar-refractivity contribution in [2.75, 3.05) is 51.4 Å². The Morgan fingerprint density at radius 1 is 1.11 bits per heavy atom. The number of ether oxygens (including phenoxy) is 1. The van der Waals surface area contributed by atoms with Crippen LogP contribution in [0.5, 0.6) is 11.8 Å². The van der Waals surface area contributed by atoms with Crippen LogP contribution in [-0.4, -0.2) is 76.2 Å². The molecular weight excluding hydrogens is 478 g/mol. The number of nitrogens with one attached hydrogen (secondary N) is 1. The molecule has 2 aliphatic rings. The zero-order valence-corrected chi connectivity index (χ0v) is 21.7. The fourth-order valence-corrected chi connectivity index (χ4v) is 6.44. The van der Waals surface area contributed by atoms with Crippen LogP contribution < -0.4 is 10.2 Å². The largest absolute Gasteiger partial charge is 0.494 e. The first-order valence-corrected chi connectivity index (χ1v) is 13.7. The molecule has 5 rings (SSSR count). The van der Waals surface area contributed by atoms with Gasteiger partial charge in [-0.25, -0.2) is 4.79 Å². The summed E-state index contributed by atoms with van der Waals surface area (Å²) in [5.41, 5.74) is 1.85. The lowest BCUT2D eigenvalue weighted by atomic mass is 9.95. The van der Waals surface area contributed by atoms with Crippen LogP contribution in [0.1, 0.15) is 36.8 Å². The van der Waals surface area contributed by atoms with Gasteiger partial charge in [0.2, 0.25) is 6.73 Å². The average Bonchev–Trinajstić information content (AvgIpc) is 3.45. The minimum Gasteiger partial charge on any atom is -0.494 e. The van der Waals surface area contributed by atoms with Crippen molar-refractivity contribution in [2.45, 2.75) is 45.1 Å². The average molecular weight is 515 g/mol. The fourth-order valence-electron chi connectivity index (χ4n) is 5.64. The van der Waals surface area contributed by atoms with E-state index in [0.717, 1.165) is 88.2 Å². The number of piperazine rings is 1. The van der Waals surface area contributed by atoms with Crippen LogP contribution in [0, 0.1) is 0 Å². The number of nitrogens with zero attached hydrogens (tertiary/aromatic N) is 4. The van der Waals surface area contributed by atoms with E-state index in [1.54, 1.807) is 11.6 Å². The molecule has 1 fully saturated rings. The Morgan fingerprint density at radius 2 is 1.81 bits per heavy atom. The molecule has 3 N–H and O–H groups in total. The summed E-state index contributed by atoms with van der Waals surface area (Å²) in [6.45, 7) is 5.19. The van der Waals surface area contributed by atoms with Gasteiger partial charge in [0.15, 0.2) is 17.6 Å². The van der Waals surface area contributed by atoms with Gasteiger partial charge in [-0.05, 0) is 62.2 Å². The number of fused-ring (bicyclic) bond motifs is 2. The van der Waals surface area contributed by atoms with E-state index in [-0.39, 0.29) is 11.8 Å². The number of hydrogen-bond donors (Lipinski definition) is 3. The highest BCUT2D eigenvalue weighted by Gasteiger charge is 2.35. The van der Waals surface area contributed by atoms with E-state index in [4.69, 9.17) is 9.11 Å². The minimum atomic E-state index is -0.409. The zero-order valence-electron chi connectivity index (χ0n) is 20.9. The lowest BCUT2D eigenvalue weighted by Gasteiger charge is -2.44. The van der Waals surface area contributed by atoms with Crippen molar-refractivity contribution in [3.63, 3.8) is 0 Å². The van der Waals surface area contributed by atoms with Crippen molar-refractivity contribution >= 4 is 33.5 Å². The number of hydrogen-bond acceptors (Lipinski definition) is 7. The Labute approximate surface area is 215 Å². The van der Waals surface area contributed by atoms with Gasteiger partial charge in [0.25, 0.3) is 0 Å². The van der Waals surface area contributed by atoms with E-state index in [1.807, 2.05) is 6.07 Å². The highest BCUT2D eigenvalue weighted by atomic mass is 32.1. The van der Waals surface area contributed by atoms with Crippen molar-refractivity contribution < 1.29 is 24.2 Å². The summed E-state index contributed by atoms with van der Waals surface area (Å²) in [5, 5.41) is 25.0. The lowest BCUT2D eigenvalue weighted by molar-refractivity contribution is -0.944. The van der Waals surface area contributed by atoms with Crippen molar-refractivity contribution in [1.29, 1.82) is 0 Å². The van der Waals surface area contributed by atoms with Crippen LogP contribution in [-0.2, 0) is 24.1 Å². The van der Waals surface area contributed by atoms with Gasteiger partial charge < -0.3 is 25.2 Å².